The van der Waals surface area contributed by atoms with E-state index in [9.17, 15) is 4.79 Å². The molecule has 178 valence electrons. The van der Waals surface area contributed by atoms with Crippen LogP contribution in [-0.4, -0.2) is 64.1 Å². The molecule has 2 saturated heterocycles. The Morgan fingerprint density at radius 3 is 2.55 bits per heavy atom. The monoisotopic (exact) mass is 455 g/mol. The van der Waals surface area contributed by atoms with Crippen LogP contribution in [-0.2, 0) is 16.0 Å². The van der Waals surface area contributed by atoms with Crippen LogP contribution in [0.4, 0.5) is 0 Å². The summed E-state index contributed by atoms with van der Waals surface area (Å²) in [5.41, 5.74) is 1.52. The van der Waals surface area contributed by atoms with E-state index in [0.29, 0.717) is 55.7 Å². The second-order valence-electron chi connectivity index (χ2n) is 9.10. The summed E-state index contributed by atoms with van der Waals surface area (Å²) in [4.78, 5) is 15.4. The molecular formula is C26H33NO6. The molecule has 2 fully saturated rings. The number of hydrogen-bond donors (Lipinski definition) is 0. The van der Waals surface area contributed by atoms with Crippen LogP contribution in [0.15, 0.2) is 42.5 Å². The fraction of sp³-hybridized carbons (Fsp3) is 0.500. The smallest absolute Gasteiger partial charge is 0.258 e. The molecule has 1 atom stereocenters. The molecule has 0 spiro atoms. The van der Waals surface area contributed by atoms with Gasteiger partial charge in [0.25, 0.3) is 5.91 Å². The first kappa shape index (κ1) is 23.4. The molecule has 7 heteroatoms. The summed E-state index contributed by atoms with van der Waals surface area (Å²) in [7, 11) is 3.21. The second kappa shape index (κ2) is 10.4. The average molecular weight is 456 g/mol. The predicted molar refractivity (Wildman–Crippen MR) is 124 cm³/mol. The maximum absolute atomic E-state index is 13.5. The van der Waals surface area contributed by atoms with E-state index < -0.39 is 0 Å². The van der Waals surface area contributed by atoms with Crippen LogP contribution in [0.1, 0.15) is 35.7 Å². The molecule has 0 saturated carbocycles. The third-order valence-electron chi connectivity index (χ3n) is 6.15. The van der Waals surface area contributed by atoms with E-state index in [4.69, 9.17) is 23.7 Å². The van der Waals surface area contributed by atoms with Crippen molar-refractivity contribution in [3.63, 3.8) is 0 Å². The number of carbonyl (C=O) groups is 1. The first-order valence-electron chi connectivity index (χ1n) is 11.4. The number of rotatable bonds is 10. The third-order valence-corrected chi connectivity index (χ3v) is 6.15. The normalized spacial score (nSPS) is 18.9. The van der Waals surface area contributed by atoms with Crippen molar-refractivity contribution in [3.05, 3.63) is 53.6 Å². The Kier molecular flexibility index (Phi) is 7.40. The SMILES string of the molecule is COc1ccc(CN(C[C@H]2CCCO2)C(=O)c2ccccc2OC)cc1OCC1(C)COC1. The number of para-hydroxylation sites is 1. The molecule has 2 aliphatic heterocycles. The van der Waals surface area contributed by atoms with E-state index in [1.165, 1.54) is 0 Å². The molecule has 0 radical (unpaired) electrons. The average Bonchev–Trinajstić information content (AvgIpc) is 3.34. The zero-order valence-corrected chi connectivity index (χ0v) is 19.7. The Bertz CT molecular complexity index is 952. The quantitative estimate of drug-likeness (QED) is 0.541. The number of amides is 1. The molecule has 0 aliphatic carbocycles. The van der Waals surface area contributed by atoms with Crippen LogP contribution in [0.5, 0.6) is 17.2 Å². The minimum absolute atomic E-state index is 0.0205. The number of carbonyl (C=O) groups excluding carboxylic acids is 1. The molecule has 0 bridgehead atoms. The van der Waals surface area contributed by atoms with Crippen LogP contribution >= 0.6 is 0 Å². The Labute approximate surface area is 195 Å². The van der Waals surface area contributed by atoms with Gasteiger partial charge in [0.2, 0.25) is 0 Å². The Morgan fingerprint density at radius 1 is 1.09 bits per heavy atom. The van der Waals surface area contributed by atoms with Crippen LogP contribution < -0.4 is 14.2 Å². The van der Waals surface area contributed by atoms with Crippen molar-refractivity contribution < 1.29 is 28.5 Å². The summed E-state index contributed by atoms with van der Waals surface area (Å²) in [6.07, 6.45) is 2.01. The molecule has 2 aliphatic rings. The van der Waals surface area contributed by atoms with Gasteiger partial charge < -0.3 is 28.6 Å². The lowest BCUT2D eigenvalue weighted by atomic mass is 9.90. The molecule has 0 N–H and O–H groups in total. The van der Waals surface area contributed by atoms with Gasteiger partial charge in [-0.3, -0.25) is 4.79 Å². The molecule has 2 aromatic carbocycles. The van der Waals surface area contributed by atoms with Gasteiger partial charge in [-0.25, -0.2) is 0 Å². The molecule has 2 heterocycles. The predicted octanol–water partition coefficient (Wildman–Crippen LogP) is 3.94. The Balaban J connectivity index is 1.55. The van der Waals surface area contributed by atoms with Gasteiger partial charge in [0.15, 0.2) is 11.5 Å². The molecule has 4 rings (SSSR count). The second-order valence-corrected chi connectivity index (χ2v) is 9.10. The van der Waals surface area contributed by atoms with Gasteiger partial charge in [-0.2, -0.15) is 0 Å². The molecule has 2 aromatic rings. The van der Waals surface area contributed by atoms with Crippen LogP contribution in [0.2, 0.25) is 0 Å². The fourth-order valence-electron chi connectivity index (χ4n) is 4.18. The maximum atomic E-state index is 13.5. The van der Waals surface area contributed by atoms with Crippen molar-refractivity contribution in [2.75, 3.05) is 47.2 Å². The Hall–Kier alpha value is -2.77. The van der Waals surface area contributed by atoms with Crippen LogP contribution in [0.3, 0.4) is 0 Å². The minimum atomic E-state index is -0.0830. The lowest BCUT2D eigenvalue weighted by molar-refractivity contribution is -0.120. The number of hydrogen-bond acceptors (Lipinski definition) is 6. The van der Waals surface area contributed by atoms with Gasteiger partial charge in [-0.15, -0.1) is 0 Å². The van der Waals surface area contributed by atoms with E-state index >= 15 is 0 Å². The summed E-state index contributed by atoms with van der Waals surface area (Å²) in [5.74, 6) is 1.82. The van der Waals surface area contributed by atoms with Crippen molar-refractivity contribution in [3.8, 4) is 17.2 Å². The van der Waals surface area contributed by atoms with Gasteiger partial charge in [0, 0.05) is 25.1 Å². The molecule has 7 nitrogen and oxygen atoms in total. The standard InChI is InChI=1S/C26H33NO6/c1-26(16-31-17-26)18-33-24-13-19(10-11-23(24)30-3)14-27(15-20-7-6-12-32-20)25(28)21-8-4-5-9-22(21)29-2/h4-5,8-11,13,20H,6-7,12,14-18H2,1-3H3/t20-/m1/s1. The van der Waals surface area contributed by atoms with Gasteiger partial charge in [0.05, 0.1) is 45.7 Å². The van der Waals surface area contributed by atoms with E-state index in [1.54, 1.807) is 20.3 Å². The van der Waals surface area contributed by atoms with Gasteiger partial charge in [0.1, 0.15) is 5.75 Å². The van der Waals surface area contributed by atoms with Crippen molar-refractivity contribution >= 4 is 5.91 Å². The summed E-state index contributed by atoms with van der Waals surface area (Å²) in [6.45, 7) is 5.76. The molecular weight excluding hydrogens is 422 g/mol. The number of methoxy groups -OCH3 is 2. The first-order chi connectivity index (χ1) is 16.0. The van der Waals surface area contributed by atoms with E-state index in [1.807, 2.05) is 41.3 Å². The lowest BCUT2D eigenvalue weighted by Crippen LogP contribution is -2.44. The zero-order valence-electron chi connectivity index (χ0n) is 19.7. The molecule has 0 unspecified atom stereocenters. The third kappa shape index (κ3) is 5.60. The van der Waals surface area contributed by atoms with Crippen molar-refractivity contribution in [1.82, 2.24) is 4.90 Å². The summed E-state index contributed by atoms with van der Waals surface area (Å²) >= 11 is 0. The highest BCUT2D eigenvalue weighted by molar-refractivity contribution is 5.97. The highest BCUT2D eigenvalue weighted by atomic mass is 16.5. The molecule has 1 amide bonds. The topological polar surface area (TPSA) is 66.5 Å². The minimum Gasteiger partial charge on any atom is -0.496 e. The van der Waals surface area contributed by atoms with E-state index in [0.717, 1.165) is 25.0 Å². The van der Waals surface area contributed by atoms with E-state index in [2.05, 4.69) is 6.92 Å². The number of benzene rings is 2. The number of ether oxygens (including phenoxy) is 5. The summed E-state index contributed by atoms with van der Waals surface area (Å²) in [6, 6.07) is 13.1. The highest BCUT2D eigenvalue weighted by Crippen LogP contribution is 2.33. The van der Waals surface area contributed by atoms with Crippen molar-refractivity contribution in [2.24, 2.45) is 5.41 Å². The van der Waals surface area contributed by atoms with Crippen molar-refractivity contribution in [1.29, 1.82) is 0 Å². The number of nitrogens with zero attached hydrogens (tertiary/aromatic N) is 1. The van der Waals surface area contributed by atoms with Crippen molar-refractivity contribution in [2.45, 2.75) is 32.4 Å². The van der Waals surface area contributed by atoms with E-state index in [-0.39, 0.29) is 17.4 Å². The lowest BCUT2D eigenvalue weighted by Gasteiger charge is -2.37. The first-order valence-corrected chi connectivity index (χ1v) is 11.4. The highest BCUT2D eigenvalue weighted by Gasteiger charge is 2.34. The Morgan fingerprint density at radius 2 is 1.88 bits per heavy atom. The van der Waals surface area contributed by atoms with Crippen LogP contribution in [0.25, 0.3) is 0 Å². The summed E-state index contributed by atoms with van der Waals surface area (Å²) < 4.78 is 28.2. The maximum Gasteiger partial charge on any atom is 0.258 e. The van der Waals surface area contributed by atoms with Gasteiger partial charge in [-0.05, 0) is 42.7 Å². The fourth-order valence-corrected chi connectivity index (χ4v) is 4.18. The van der Waals surface area contributed by atoms with Gasteiger partial charge in [-0.1, -0.05) is 25.1 Å². The largest absolute Gasteiger partial charge is 0.496 e. The molecule has 0 aromatic heterocycles. The molecule has 33 heavy (non-hydrogen) atoms. The van der Waals surface area contributed by atoms with Crippen LogP contribution in [0, 0.1) is 5.41 Å². The zero-order chi connectivity index (χ0) is 23.3. The summed E-state index contributed by atoms with van der Waals surface area (Å²) in [5, 5.41) is 0. The van der Waals surface area contributed by atoms with Gasteiger partial charge >= 0.3 is 0 Å².